The summed E-state index contributed by atoms with van der Waals surface area (Å²) in [6.07, 6.45) is 1.68. The molecule has 0 radical (unpaired) electrons. The molecule has 232 valence electrons. The van der Waals surface area contributed by atoms with Gasteiger partial charge in [-0.05, 0) is 53.9 Å². The minimum absolute atomic E-state index is 0.0918. The molecule has 2 fully saturated rings. The number of carbonyl (C=O) groups excluding carboxylic acids is 3. The van der Waals surface area contributed by atoms with Crippen LogP contribution in [0.3, 0.4) is 0 Å². The molecule has 1 aromatic heterocycles. The number of aromatic hydroxyl groups is 1. The molecule has 10 nitrogen and oxygen atoms in total. The van der Waals surface area contributed by atoms with Gasteiger partial charge in [-0.2, -0.15) is 0 Å². The highest BCUT2D eigenvalue weighted by Crippen LogP contribution is 2.26. The second-order valence-electron chi connectivity index (χ2n) is 11.4. The third kappa shape index (κ3) is 6.81. The Hall–Kier alpha value is -4.83. The van der Waals surface area contributed by atoms with E-state index >= 15 is 0 Å². The van der Waals surface area contributed by atoms with E-state index in [-0.39, 0.29) is 40.7 Å². The normalized spacial score (nSPS) is 15.8. The van der Waals surface area contributed by atoms with Crippen molar-refractivity contribution < 1.29 is 23.9 Å². The predicted molar refractivity (Wildman–Crippen MR) is 170 cm³/mol. The Bertz CT molecular complexity index is 1800. The standard InChI is InChI=1S/C34H33ClN4O6/c35-24-9-7-22(8-10-24)18-27(36-33(43)31-20-29(41)26-19-25(40)11-12-30(26)45-31)34(44)38-16-14-37(15-17-38)28-5-2-1-4-23(28)21-39-13-3-6-32(39)42/h1-2,4-5,7-12,19-20,27,40H,3,6,13-18,21H2,(H,36,43)/t27-/m0/s1. The molecule has 3 amide bonds. The van der Waals surface area contributed by atoms with Crippen LogP contribution >= 0.6 is 11.6 Å². The van der Waals surface area contributed by atoms with Crippen molar-refractivity contribution >= 4 is 46.0 Å². The second kappa shape index (κ2) is 13.0. The number of para-hydroxylation sites is 1. The maximum Gasteiger partial charge on any atom is 0.287 e. The van der Waals surface area contributed by atoms with Crippen molar-refractivity contribution in [3.8, 4) is 5.75 Å². The van der Waals surface area contributed by atoms with Gasteiger partial charge in [0, 0.05) is 68.9 Å². The van der Waals surface area contributed by atoms with Crippen LogP contribution in [0.1, 0.15) is 34.5 Å². The first-order chi connectivity index (χ1) is 21.7. The van der Waals surface area contributed by atoms with Crippen molar-refractivity contribution in [1.82, 2.24) is 15.1 Å². The largest absolute Gasteiger partial charge is 0.508 e. The molecule has 0 spiro atoms. The summed E-state index contributed by atoms with van der Waals surface area (Å²) in [5, 5.41) is 13.2. The number of benzene rings is 3. The highest BCUT2D eigenvalue weighted by Gasteiger charge is 2.31. The maximum absolute atomic E-state index is 13.9. The van der Waals surface area contributed by atoms with Crippen LogP contribution in [0.5, 0.6) is 5.75 Å². The summed E-state index contributed by atoms with van der Waals surface area (Å²) in [4.78, 5) is 58.1. The summed E-state index contributed by atoms with van der Waals surface area (Å²) in [5.41, 5.74) is 2.60. The van der Waals surface area contributed by atoms with Crippen LogP contribution in [0.25, 0.3) is 11.0 Å². The first-order valence-electron chi connectivity index (χ1n) is 15.0. The van der Waals surface area contributed by atoms with Crippen LogP contribution in [-0.4, -0.2) is 71.4 Å². The van der Waals surface area contributed by atoms with Crippen molar-refractivity contribution in [3.63, 3.8) is 0 Å². The van der Waals surface area contributed by atoms with Gasteiger partial charge in [-0.15, -0.1) is 0 Å². The zero-order valence-electron chi connectivity index (χ0n) is 24.6. The molecule has 3 heterocycles. The van der Waals surface area contributed by atoms with E-state index in [2.05, 4.69) is 16.3 Å². The number of piperazine rings is 1. The van der Waals surface area contributed by atoms with Gasteiger partial charge >= 0.3 is 0 Å². The minimum Gasteiger partial charge on any atom is -0.508 e. The Morgan fingerprint density at radius 3 is 2.42 bits per heavy atom. The van der Waals surface area contributed by atoms with Gasteiger partial charge in [-0.1, -0.05) is 41.9 Å². The number of anilines is 1. The average molecular weight is 629 g/mol. The number of phenolic OH excluding ortho intramolecular Hbond substituents is 1. The molecule has 45 heavy (non-hydrogen) atoms. The molecule has 2 N–H and O–H groups in total. The van der Waals surface area contributed by atoms with Gasteiger partial charge in [-0.25, -0.2) is 0 Å². The highest BCUT2D eigenvalue weighted by molar-refractivity contribution is 6.30. The van der Waals surface area contributed by atoms with Crippen molar-refractivity contribution in [2.45, 2.75) is 31.8 Å². The third-order valence-corrected chi connectivity index (χ3v) is 8.60. The summed E-state index contributed by atoms with van der Waals surface area (Å²) in [6.45, 7) is 3.39. The van der Waals surface area contributed by atoms with E-state index in [4.69, 9.17) is 16.0 Å². The van der Waals surface area contributed by atoms with Crippen LogP contribution in [0.15, 0.2) is 82.0 Å². The van der Waals surface area contributed by atoms with E-state index in [0.29, 0.717) is 44.2 Å². The average Bonchev–Trinajstić information content (AvgIpc) is 3.45. The number of carbonyl (C=O) groups is 3. The Kier molecular flexibility index (Phi) is 8.75. The summed E-state index contributed by atoms with van der Waals surface area (Å²) >= 11 is 6.07. The van der Waals surface area contributed by atoms with E-state index in [1.807, 2.05) is 23.1 Å². The molecule has 0 unspecified atom stereocenters. The van der Waals surface area contributed by atoms with Gasteiger partial charge in [0.05, 0.1) is 5.39 Å². The molecule has 3 aromatic carbocycles. The topological polar surface area (TPSA) is 123 Å². The van der Waals surface area contributed by atoms with Crippen molar-refractivity contribution in [2.24, 2.45) is 0 Å². The summed E-state index contributed by atoms with van der Waals surface area (Å²) in [6, 6.07) is 19.3. The van der Waals surface area contributed by atoms with E-state index < -0.39 is 17.4 Å². The second-order valence-corrected chi connectivity index (χ2v) is 11.8. The first-order valence-corrected chi connectivity index (χ1v) is 15.3. The predicted octanol–water partition coefficient (Wildman–Crippen LogP) is 3.96. The summed E-state index contributed by atoms with van der Waals surface area (Å²) in [7, 11) is 0. The number of hydrogen-bond acceptors (Lipinski definition) is 7. The van der Waals surface area contributed by atoms with Crippen LogP contribution < -0.4 is 15.6 Å². The zero-order valence-corrected chi connectivity index (χ0v) is 25.3. The van der Waals surface area contributed by atoms with Crippen molar-refractivity contribution in [3.05, 3.63) is 105 Å². The zero-order chi connectivity index (χ0) is 31.5. The first kappa shape index (κ1) is 30.2. The number of nitrogens with zero attached hydrogens (tertiary/aromatic N) is 3. The highest BCUT2D eigenvalue weighted by atomic mass is 35.5. The van der Waals surface area contributed by atoms with Crippen LogP contribution in [0.2, 0.25) is 5.02 Å². The molecule has 0 saturated carbocycles. The molecular formula is C34H33ClN4O6. The fourth-order valence-electron chi connectivity index (χ4n) is 5.96. The fraction of sp³-hybridized carbons (Fsp3) is 0.294. The Morgan fingerprint density at radius 1 is 0.933 bits per heavy atom. The molecule has 4 aromatic rings. The number of fused-ring (bicyclic) bond motifs is 1. The lowest BCUT2D eigenvalue weighted by Gasteiger charge is -2.38. The molecule has 0 bridgehead atoms. The number of halogens is 1. The van der Waals surface area contributed by atoms with E-state index in [1.54, 1.807) is 29.2 Å². The molecular weight excluding hydrogens is 596 g/mol. The quantitative estimate of drug-likeness (QED) is 0.303. The lowest BCUT2D eigenvalue weighted by Crippen LogP contribution is -2.55. The van der Waals surface area contributed by atoms with Gasteiger partial charge < -0.3 is 29.5 Å². The van der Waals surface area contributed by atoms with Gasteiger partial charge in [0.15, 0.2) is 11.2 Å². The molecule has 2 aliphatic heterocycles. The van der Waals surface area contributed by atoms with Crippen LogP contribution in [-0.2, 0) is 22.6 Å². The Labute approximate surface area is 264 Å². The Balaban J connectivity index is 1.18. The lowest BCUT2D eigenvalue weighted by atomic mass is 10.0. The summed E-state index contributed by atoms with van der Waals surface area (Å²) in [5.74, 6) is -1.09. The number of hydrogen-bond donors (Lipinski definition) is 2. The minimum atomic E-state index is -0.931. The van der Waals surface area contributed by atoms with E-state index in [9.17, 15) is 24.3 Å². The lowest BCUT2D eigenvalue weighted by molar-refractivity contribution is -0.133. The van der Waals surface area contributed by atoms with E-state index in [1.165, 1.54) is 18.2 Å². The molecule has 6 rings (SSSR count). The summed E-state index contributed by atoms with van der Waals surface area (Å²) < 4.78 is 5.68. The molecule has 2 saturated heterocycles. The molecule has 1 atom stereocenters. The van der Waals surface area contributed by atoms with Gasteiger partial charge in [0.1, 0.15) is 17.4 Å². The van der Waals surface area contributed by atoms with E-state index in [0.717, 1.165) is 35.8 Å². The monoisotopic (exact) mass is 628 g/mol. The van der Waals surface area contributed by atoms with Crippen molar-refractivity contribution in [1.29, 1.82) is 0 Å². The maximum atomic E-state index is 13.9. The van der Waals surface area contributed by atoms with Gasteiger partial charge in [-0.3, -0.25) is 19.2 Å². The van der Waals surface area contributed by atoms with Crippen molar-refractivity contribution in [2.75, 3.05) is 37.6 Å². The van der Waals surface area contributed by atoms with Crippen LogP contribution in [0, 0.1) is 0 Å². The molecule has 11 heteroatoms. The SMILES string of the molecule is O=C(N[C@@H](Cc1ccc(Cl)cc1)C(=O)N1CCN(c2ccccc2CN2CCCC2=O)CC1)c1cc(=O)c2cc(O)ccc2o1. The smallest absolute Gasteiger partial charge is 0.287 e. The number of likely N-dealkylation sites (tertiary alicyclic amines) is 1. The fourth-order valence-corrected chi connectivity index (χ4v) is 6.09. The number of amides is 3. The number of phenols is 1. The Morgan fingerprint density at radius 2 is 1.69 bits per heavy atom. The number of nitrogens with one attached hydrogen (secondary N) is 1. The molecule has 0 aliphatic carbocycles. The van der Waals surface area contributed by atoms with Gasteiger partial charge in [0.2, 0.25) is 11.8 Å². The van der Waals surface area contributed by atoms with Crippen LogP contribution in [0.4, 0.5) is 5.69 Å². The van der Waals surface area contributed by atoms with Gasteiger partial charge in [0.25, 0.3) is 5.91 Å². The third-order valence-electron chi connectivity index (χ3n) is 8.35. The number of rotatable bonds is 8. The molecule has 2 aliphatic rings.